The molecular formula is C9H17NOS. The van der Waals surface area contributed by atoms with E-state index >= 15 is 0 Å². The Labute approximate surface area is 79.0 Å². The van der Waals surface area contributed by atoms with Gasteiger partial charge in [-0.2, -0.15) is 0 Å². The van der Waals surface area contributed by atoms with Crippen molar-refractivity contribution in [3.05, 3.63) is 11.2 Å². The van der Waals surface area contributed by atoms with Crippen LogP contribution in [-0.4, -0.2) is 37.9 Å². The lowest BCUT2D eigenvalue weighted by Gasteiger charge is -2.10. The molecule has 0 spiro atoms. The minimum Gasteiger partial charge on any atom is -0.488 e. The standard InChI is InChI=1S/C9H17NOS/c1-10(2)6-4-7-11-9-5-3-8-12-9/h5H,3-4,6-8H2,1-2H3. The molecule has 0 saturated carbocycles. The summed E-state index contributed by atoms with van der Waals surface area (Å²) in [7, 11) is 4.17. The van der Waals surface area contributed by atoms with Crippen LogP contribution in [-0.2, 0) is 4.74 Å². The Hall–Kier alpha value is -0.150. The number of ether oxygens (including phenoxy) is 1. The zero-order chi connectivity index (χ0) is 8.81. The van der Waals surface area contributed by atoms with E-state index < -0.39 is 0 Å². The first-order valence-corrected chi connectivity index (χ1v) is 5.38. The molecule has 3 heteroatoms. The average Bonchev–Trinajstić information content (AvgIpc) is 2.49. The summed E-state index contributed by atoms with van der Waals surface area (Å²) >= 11 is 1.83. The molecule has 0 aromatic heterocycles. The van der Waals surface area contributed by atoms with Gasteiger partial charge in [-0.25, -0.2) is 0 Å². The number of thioether (sulfide) groups is 1. The molecular weight excluding hydrogens is 170 g/mol. The fraction of sp³-hybridized carbons (Fsp3) is 0.778. The van der Waals surface area contributed by atoms with Gasteiger partial charge < -0.3 is 9.64 Å². The monoisotopic (exact) mass is 187 g/mol. The summed E-state index contributed by atoms with van der Waals surface area (Å²) in [5.41, 5.74) is 0. The molecule has 0 aromatic carbocycles. The van der Waals surface area contributed by atoms with Crippen LogP contribution >= 0.6 is 11.8 Å². The van der Waals surface area contributed by atoms with Crippen LogP contribution in [0.4, 0.5) is 0 Å². The van der Waals surface area contributed by atoms with E-state index in [1.165, 1.54) is 12.2 Å². The summed E-state index contributed by atoms with van der Waals surface area (Å²) in [5.74, 6) is 1.20. The largest absolute Gasteiger partial charge is 0.488 e. The van der Waals surface area contributed by atoms with E-state index in [9.17, 15) is 0 Å². The molecule has 0 N–H and O–H groups in total. The molecule has 2 nitrogen and oxygen atoms in total. The molecule has 1 rings (SSSR count). The second-order valence-corrected chi connectivity index (χ2v) is 4.26. The van der Waals surface area contributed by atoms with Gasteiger partial charge in [0.2, 0.25) is 0 Å². The van der Waals surface area contributed by atoms with Crippen molar-refractivity contribution in [1.29, 1.82) is 0 Å². The Morgan fingerprint density at radius 2 is 2.42 bits per heavy atom. The fourth-order valence-electron chi connectivity index (χ4n) is 1.05. The average molecular weight is 187 g/mol. The summed E-state index contributed by atoms with van der Waals surface area (Å²) in [4.78, 5) is 2.18. The highest BCUT2D eigenvalue weighted by Crippen LogP contribution is 2.25. The van der Waals surface area contributed by atoms with Crippen LogP contribution in [0.3, 0.4) is 0 Å². The molecule has 0 atom stereocenters. The Kier molecular flexibility index (Phi) is 4.54. The van der Waals surface area contributed by atoms with Gasteiger partial charge in [0.25, 0.3) is 0 Å². The molecule has 0 unspecified atom stereocenters. The summed E-state index contributed by atoms with van der Waals surface area (Å²) in [6.07, 6.45) is 4.47. The van der Waals surface area contributed by atoms with Crippen molar-refractivity contribution in [3.63, 3.8) is 0 Å². The minimum absolute atomic E-state index is 0.858. The second-order valence-electron chi connectivity index (χ2n) is 3.17. The van der Waals surface area contributed by atoms with Crippen molar-refractivity contribution in [3.8, 4) is 0 Å². The second kappa shape index (κ2) is 5.49. The highest BCUT2D eigenvalue weighted by molar-refractivity contribution is 8.03. The maximum atomic E-state index is 5.55. The van der Waals surface area contributed by atoms with Gasteiger partial charge in [-0.3, -0.25) is 0 Å². The zero-order valence-electron chi connectivity index (χ0n) is 7.88. The Morgan fingerprint density at radius 3 is 3.00 bits per heavy atom. The van der Waals surface area contributed by atoms with E-state index in [2.05, 4.69) is 25.1 Å². The lowest BCUT2D eigenvalue weighted by atomic mass is 10.4. The lowest BCUT2D eigenvalue weighted by molar-refractivity contribution is 0.219. The van der Waals surface area contributed by atoms with Crippen LogP contribution in [0.1, 0.15) is 12.8 Å². The smallest absolute Gasteiger partial charge is 0.149 e. The van der Waals surface area contributed by atoms with Crippen molar-refractivity contribution in [2.45, 2.75) is 12.8 Å². The van der Waals surface area contributed by atoms with Gasteiger partial charge >= 0.3 is 0 Å². The summed E-state index contributed by atoms with van der Waals surface area (Å²) < 4.78 is 5.55. The molecule has 0 bridgehead atoms. The molecule has 0 fully saturated rings. The highest BCUT2D eigenvalue weighted by Gasteiger charge is 2.04. The van der Waals surface area contributed by atoms with Crippen molar-refractivity contribution < 1.29 is 4.74 Å². The van der Waals surface area contributed by atoms with Gasteiger partial charge in [-0.15, -0.1) is 0 Å². The minimum atomic E-state index is 0.858. The van der Waals surface area contributed by atoms with Crippen molar-refractivity contribution in [1.82, 2.24) is 4.90 Å². The molecule has 1 heterocycles. The van der Waals surface area contributed by atoms with Crippen LogP contribution in [0.15, 0.2) is 11.2 Å². The van der Waals surface area contributed by atoms with E-state index in [1.54, 1.807) is 0 Å². The summed E-state index contributed by atoms with van der Waals surface area (Å²) in [5, 5.41) is 1.13. The number of hydrogen-bond acceptors (Lipinski definition) is 3. The van der Waals surface area contributed by atoms with Gasteiger partial charge in [0.15, 0.2) is 0 Å². The molecule has 0 amide bonds. The van der Waals surface area contributed by atoms with Crippen LogP contribution < -0.4 is 0 Å². The first-order valence-electron chi connectivity index (χ1n) is 4.39. The molecule has 0 saturated heterocycles. The maximum Gasteiger partial charge on any atom is 0.149 e. The van der Waals surface area contributed by atoms with Gasteiger partial charge in [0.1, 0.15) is 5.09 Å². The quantitative estimate of drug-likeness (QED) is 0.610. The first kappa shape index (κ1) is 9.93. The third kappa shape index (κ3) is 4.02. The van der Waals surface area contributed by atoms with Crippen LogP contribution in [0.5, 0.6) is 0 Å². The van der Waals surface area contributed by atoms with Gasteiger partial charge in [0, 0.05) is 12.3 Å². The predicted octanol–water partition coefficient (Wildman–Crippen LogP) is 1.93. The topological polar surface area (TPSA) is 12.5 Å². The third-order valence-electron chi connectivity index (χ3n) is 1.67. The lowest BCUT2D eigenvalue weighted by Crippen LogP contribution is -2.14. The van der Waals surface area contributed by atoms with Crippen LogP contribution in [0.25, 0.3) is 0 Å². The molecule has 0 radical (unpaired) electrons. The van der Waals surface area contributed by atoms with Gasteiger partial charge in [0.05, 0.1) is 6.61 Å². The van der Waals surface area contributed by atoms with Crippen molar-refractivity contribution in [2.75, 3.05) is 33.0 Å². The zero-order valence-corrected chi connectivity index (χ0v) is 8.69. The van der Waals surface area contributed by atoms with Crippen molar-refractivity contribution >= 4 is 11.8 Å². The highest BCUT2D eigenvalue weighted by atomic mass is 32.2. The molecule has 70 valence electrons. The predicted molar refractivity (Wildman–Crippen MR) is 54.3 cm³/mol. The van der Waals surface area contributed by atoms with E-state index in [4.69, 9.17) is 4.74 Å². The van der Waals surface area contributed by atoms with Crippen LogP contribution in [0.2, 0.25) is 0 Å². The number of nitrogens with zero attached hydrogens (tertiary/aromatic N) is 1. The number of hydrogen-bond donors (Lipinski definition) is 0. The third-order valence-corrected chi connectivity index (χ3v) is 2.68. The van der Waals surface area contributed by atoms with E-state index in [0.717, 1.165) is 24.7 Å². The first-order chi connectivity index (χ1) is 5.79. The number of rotatable bonds is 5. The van der Waals surface area contributed by atoms with Gasteiger partial charge in [-0.1, -0.05) is 11.8 Å². The van der Waals surface area contributed by atoms with E-state index in [1.807, 2.05) is 11.8 Å². The number of allylic oxidation sites excluding steroid dienone is 1. The van der Waals surface area contributed by atoms with E-state index in [-0.39, 0.29) is 0 Å². The Morgan fingerprint density at radius 1 is 1.58 bits per heavy atom. The molecule has 0 aliphatic carbocycles. The molecule has 1 aliphatic rings. The van der Waals surface area contributed by atoms with Gasteiger partial charge in [-0.05, 0) is 33.0 Å². The van der Waals surface area contributed by atoms with Crippen LogP contribution in [0, 0.1) is 0 Å². The summed E-state index contributed by atoms with van der Waals surface area (Å²) in [6.45, 7) is 1.97. The molecule has 0 aromatic rings. The Balaban J connectivity index is 1.95. The normalized spacial score (nSPS) is 16.8. The molecule has 1 aliphatic heterocycles. The Bertz CT molecular complexity index is 157. The SMILES string of the molecule is CN(C)CCCOC1=CCCS1. The van der Waals surface area contributed by atoms with Crippen molar-refractivity contribution in [2.24, 2.45) is 0 Å². The maximum absolute atomic E-state index is 5.55. The fourth-order valence-corrected chi connectivity index (χ4v) is 1.89. The molecule has 12 heavy (non-hydrogen) atoms. The van der Waals surface area contributed by atoms with E-state index in [0.29, 0.717) is 0 Å². The summed E-state index contributed by atoms with van der Waals surface area (Å²) in [6, 6.07) is 0.